The summed E-state index contributed by atoms with van der Waals surface area (Å²) in [6.07, 6.45) is 5.94. The highest BCUT2D eigenvalue weighted by Crippen LogP contribution is 2.17. The molecule has 2 atom stereocenters. The molecule has 0 bridgehead atoms. The van der Waals surface area contributed by atoms with E-state index >= 15 is 0 Å². The highest BCUT2D eigenvalue weighted by atomic mass is 16.2. The summed E-state index contributed by atoms with van der Waals surface area (Å²) in [6.45, 7) is 4.65. The van der Waals surface area contributed by atoms with Gasteiger partial charge in [-0.3, -0.25) is 0 Å². The van der Waals surface area contributed by atoms with E-state index < -0.39 is 6.56 Å². The lowest BCUT2D eigenvalue weighted by molar-refractivity contribution is 0.270. The average Bonchev–Trinajstić information content (AvgIpc) is 2.13. The summed E-state index contributed by atoms with van der Waals surface area (Å²) in [5.74, 6) is 1.33. The van der Waals surface area contributed by atoms with Gasteiger partial charge in [0.25, 0.3) is 0 Å². The molecule has 0 amide bonds. The minimum Gasteiger partial charge on any atom is -0.396 e. The molecular formula is C12H26O. The minimum absolute atomic E-state index is 0.261. The van der Waals surface area contributed by atoms with Gasteiger partial charge in [0, 0.05) is 6.56 Å². The van der Waals surface area contributed by atoms with E-state index in [-0.39, 0.29) is 6.42 Å². The van der Waals surface area contributed by atoms with E-state index in [2.05, 4.69) is 20.8 Å². The molecule has 0 saturated heterocycles. The number of rotatable bonds is 8. The smallest absolute Gasteiger partial charge is 0.0564 e. The molecule has 0 aromatic heterocycles. The lowest BCUT2D eigenvalue weighted by Gasteiger charge is -2.12. The Balaban J connectivity index is 3.45. The van der Waals surface area contributed by atoms with Crippen molar-refractivity contribution in [2.75, 3.05) is 6.56 Å². The zero-order valence-electron chi connectivity index (χ0n) is 11.3. The molecule has 2 unspecified atom stereocenters. The highest BCUT2D eigenvalue weighted by molar-refractivity contribution is 4.56. The van der Waals surface area contributed by atoms with Gasteiger partial charge < -0.3 is 5.11 Å². The molecule has 0 aliphatic heterocycles. The first-order valence-electron chi connectivity index (χ1n) is 6.57. The molecule has 1 heteroatoms. The monoisotopic (exact) mass is 188 g/mol. The van der Waals surface area contributed by atoms with Gasteiger partial charge in [-0.05, 0) is 24.7 Å². The molecule has 0 aliphatic rings. The van der Waals surface area contributed by atoms with E-state index in [4.69, 9.17) is 7.85 Å². The van der Waals surface area contributed by atoms with Crippen LogP contribution in [0.5, 0.6) is 0 Å². The first-order valence-corrected chi connectivity index (χ1v) is 5.57. The fourth-order valence-electron chi connectivity index (χ4n) is 1.47. The molecular weight excluding hydrogens is 160 g/mol. The second-order valence-corrected chi connectivity index (χ2v) is 4.25. The second-order valence-electron chi connectivity index (χ2n) is 4.25. The van der Waals surface area contributed by atoms with Crippen LogP contribution >= 0.6 is 0 Å². The van der Waals surface area contributed by atoms with E-state index in [9.17, 15) is 0 Å². The molecule has 1 nitrogen and oxygen atoms in total. The molecule has 0 aliphatic carbocycles. The third kappa shape index (κ3) is 8.29. The van der Waals surface area contributed by atoms with Crippen molar-refractivity contribution in [2.45, 2.75) is 59.3 Å². The van der Waals surface area contributed by atoms with Crippen molar-refractivity contribution >= 4 is 0 Å². The van der Waals surface area contributed by atoms with Crippen LogP contribution in [0.3, 0.4) is 0 Å². The quantitative estimate of drug-likeness (QED) is 0.617. The lowest BCUT2D eigenvalue weighted by Crippen LogP contribution is -1.99. The summed E-state index contributed by atoms with van der Waals surface area (Å²) in [6, 6.07) is 0. The van der Waals surface area contributed by atoms with Crippen LogP contribution in [0, 0.1) is 11.8 Å². The van der Waals surface area contributed by atoms with Crippen LogP contribution in [0.2, 0.25) is 0 Å². The first-order chi connectivity index (χ1) is 6.85. The summed E-state index contributed by atoms with van der Waals surface area (Å²) in [4.78, 5) is 0. The van der Waals surface area contributed by atoms with Crippen LogP contribution in [-0.4, -0.2) is 11.7 Å². The molecule has 0 spiro atoms. The minimum atomic E-state index is -1.98. The van der Waals surface area contributed by atoms with Gasteiger partial charge in [0.15, 0.2) is 0 Å². The zero-order valence-corrected chi connectivity index (χ0v) is 9.34. The van der Waals surface area contributed by atoms with Gasteiger partial charge in [-0.15, -0.1) is 0 Å². The molecule has 0 saturated carbocycles. The third-order valence-electron chi connectivity index (χ3n) is 2.84. The Hall–Kier alpha value is -0.0400. The van der Waals surface area contributed by atoms with Crippen LogP contribution in [0.4, 0.5) is 0 Å². The predicted octanol–water partition coefficient (Wildman–Crippen LogP) is 3.61. The number of aliphatic hydroxyl groups is 1. The number of hydrogen-bond acceptors (Lipinski definition) is 1. The normalized spacial score (nSPS) is 19.1. The maximum atomic E-state index is 8.95. The van der Waals surface area contributed by atoms with Gasteiger partial charge in [0.1, 0.15) is 0 Å². The summed E-state index contributed by atoms with van der Waals surface area (Å²) in [5, 5.41) is 8.95. The Bertz CT molecular complexity index is 154. The van der Waals surface area contributed by atoms with Crippen LogP contribution in [-0.2, 0) is 0 Å². The van der Waals surface area contributed by atoms with Gasteiger partial charge in [0.05, 0.1) is 2.74 Å². The van der Waals surface area contributed by atoms with Gasteiger partial charge in [-0.1, -0.05) is 46.5 Å². The highest BCUT2D eigenvalue weighted by Gasteiger charge is 2.03. The Morgan fingerprint density at radius 1 is 1.08 bits per heavy atom. The second kappa shape index (κ2) is 8.55. The summed E-state index contributed by atoms with van der Waals surface area (Å²) in [7, 11) is 0. The molecule has 0 fully saturated rings. The molecule has 80 valence electrons. The van der Waals surface area contributed by atoms with E-state index in [1.807, 2.05) is 0 Å². The molecule has 0 heterocycles. The average molecular weight is 188 g/mol. The molecule has 0 radical (unpaired) electrons. The van der Waals surface area contributed by atoms with Crippen molar-refractivity contribution in [3.8, 4) is 0 Å². The first kappa shape index (κ1) is 9.51. The van der Waals surface area contributed by atoms with Gasteiger partial charge in [-0.25, -0.2) is 0 Å². The van der Waals surface area contributed by atoms with Crippen molar-refractivity contribution in [2.24, 2.45) is 11.8 Å². The van der Waals surface area contributed by atoms with Crippen molar-refractivity contribution in [3.05, 3.63) is 0 Å². The van der Waals surface area contributed by atoms with E-state index in [0.717, 1.165) is 18.8 Å². The van der Waals surface area contributed by atoms with Crippen molar-refractivity contribution in [1.82, 2.24) is 0 Å². The topological polar surface area (TPSA) is 20.2 Å². The van der Waals surface area contributed by atoms with E-state index in [1.54, 1.807) is 0 Å². The molecule has 0 aromatic carbocycles. The van der Waals surface area contributed by atoms with Crippen LogP contribution in [0.1, 0.15) is 62.0 Å². The summed E-state index contributed by atoms with van der Waals surface area (Å²) < 4.78 is 14.0. The Morgan fingerprint density at radius 3 is 2.15 bits per heavy atom. The fourth-order valence-corrected chi connectivity index (χ4v) is 1.47. The molecule has 0 aromatic rings. The Morgan fingerprint density at radius 2 is 1.62 bits per heavy atom. The van der Waals surface area contributed by atoms with Gasteiger partial charge in [-0.2, -0.15) is 0 Å². The molecule has 1 N–H and O–H groups in total. The molecule has 0 rings (SSSR count). The zero-order chi connectivity index (χ0) is 11.9. The third-order valence-corrected chi connectivity index (χ3v) is 2.84. The van der Waals surface area contributed by atoms with Crippen LogP contribution < -0.4 is 0 Å². The van der Waals surface area contributed by atoms with E-state index in [0.29, 0.717) is 5.92 Å². The SMILES string of the molecule is [2H]C([2H])(O)CCC(C)CCCC(C)CC. The van der Waals surface area contributed by atoms with Crippen LogP contribution in [0.25, 0.3) is 0 Å². The summed E-state index contributed by atoms with van der Waals surface area (Å²) in [5.41, 5.74) is 0. The standard InChI is InChI=1S/C12H26O/c1-4-11(2)7-5-8-12(3)9-6-10-13/h11-13H,4-10H2,1-3H3/i10D2. The van der Waals surface area contributed by atoms with Crippen molar-refractivity contribution in [3.63, 3.8) is 0 Å². The Kier molecular flexibility index (Phi) is 6.26. The van der Waals surface area contributed by atoms with Gasteiger partial charge in [0.2, 0.25) is 0 Å². The predicted molar refractivity (Wildman–Crippen MR) is 58.8 cm³/mol. The van der Waals surface area contributed by atoms with Crippen molar-refractivity contribution in [1.29, 1.82) is 0 Å². The van der Waals surface area contributed by atoms with Gasteiger partial charge >= 0.3 is 0 Å². The van der Waals surface area contributed by atoms with Crippen molar-refractivity contribution < 1.29 is 7.85 Å². The fraction of sp³-hybridized carbons (Fsp3) is 1.00. The number of hydrogen-bond donors (Lipinski definition) is 1. The van der Waals surface area contributed by atoms with Crippen LogP contribution in [0.15, 0.2) is 0 Å². The van der Waals surface area contributed by atoms with E-state index in [1.165, 1.54) is 19.3 Å². The largest absolute Gasteiger partial charge is 0.396 e. The maximum Gasteiger partial charge on any atom is 0.0564 e. The maximum absolute atomic E-state index is 8.95. The molecule has 13 heavy (non-hydrogen) atoms. The summed E-state index contributed by atoms with van der Waals surface area (Å²) >= 11 is 0. The lowest BCUT2D eigenvalue weighted by atomic mass is 9.95. The Labute approximate surface area is 86.4 Å².